The number of ether oxygens (including phenoxy) is 5. The van der Waals surface area contributed by atoms with E-state index >= 15 is 0 Å². The van der Waals surface area contributed by atoms with Gasteiger partial charge in [-0.3, -0.25) is 23.7 Å². The first-order chi connectivity index (χ1) is 34.0. The quantitative estimate of drug-likeness (QED) is 0.0812. The summed E-state index contributed by atoms with van der Waals surface area (Å²) >= 11 is 0. The van der Waals surface area contributed by atoms with Crippen LogP contribution in [0.2, 0.25) is 0 Å². The Morgan fingerprint density at radius 2 is 1.56 bits per heavy atom. The third kappa shape index (κ3) is 18.1. The van der Waals surface area contributed by atoms with E-state index in [0.29, 0.717) is 83.8 Å². The maximum atomic E-state index is 14.5. The third-order valence-electron chi connectivity index (χ3n) is 15.6. The number of methoxy groups -OCH3 is 2. The van der Waals surface area contributed by atoms with Crippen LogP contribution >= 0.6 is 7.60 Å². The first-order valence-electron chi connectivity index (χ1n) is 26.8. The number of allylic oxidation sites excluding steroid dienone is 5. The number of cyclic esters (lactones) is 1. The predicted octanol–water partition coefficient (Wildman–Crippen LogP) is 8.54. The minimum atomic E-state index is -3.42. The molecule has 72 heavy (non-hydrogen) atoms. The minimum absolute atomic E-state index is 0.0323. The Morgan fingerprint density at radius 3 is 2.25 bits per heavy atom. The maximum absolute atomic E-state index is 14.5. The molecule has 4 rings (SSSR count). The SMILES string of the molecule is CCOCCOP(C)(=O)O[C@@H]1CCC(C[C@@H](C)[C@@H]2CC(=O)[C@H](C)CC(C)[C@@H](O)CC(=O)[C@H](C)C[C@H](C)/C=C/C=CC=C(C)[C@@H](OC)C[C@@H]3CC[C@@H](C)[C@@](O)(O3)C(=O)C(=O)N3CCCCC3C(=O)O2)C[C@H]1OC. The van der Waals surface area contributed by atoms with Crippen LogP contribution in [-0.4, -0.2) is 140 Å². The fraction of sp³-hybridized carbons (Fsp3) is 0.800. The highest BCUT2D eigenvalue weighted by molar-refractivity contribution is 7.53. The average Bonchev–Trinajstić information content (AvgIpc) is 3.34. The van der Waals surface area contributed by atoms with Gasteiger partial charge in [-0.05, 0) is 114 Å². The number of hydrogen-bond acceptors (Lipinski definition) is 15. The van der Waals surface area contributed by atoms with Crippen molar-refractivity contribution in [3.8, 4) is 0 Å². The Kier molecular flexibility index (Phi) is 25.2. The lowest BCUT2D eigenvalue weighted by Gasteiger charge is -2.42. The second-order valence-electron chi connectivity index (χ2n) is 21.6. The van der Waals surface area contributed by atoms with Crippen LogP contribution in [0, 0.1) is 41.4 Å². The first-order valence-corrected chi connectivity index (χ1v) is 28.8. The van der Waals surface area contributed by atoms with E-state index < -0.39 is 85.5 Å². The number of aliphatic hydroxyl groups is 2. The summed E-state index contributed by atoms with van der Waals surface area (Å²) in [6, 6.07) is -1.15. The van der Waals surface area contributed by atoms with Gasteiger partial charge in [0.1, 0.15) is 23.7 Å². The number of nitrogens with zero attached hydrogens (tertiary/aromatic N) is 1. The van der Waals surface area contributed by atoms with Crippen molar-refractivity contribution < 1.29 is 71.5 Å². The summed E-state index contributed by atoms with van der Waals surface area (Å²) in [4.78, 5) is 72.0. The van der Waals surface area contributed by atoms with Crippen LogP contribution in [0.25, 0.3) is 0 Å². The van der Waals surface area contributed by atoms with E-state index in [0.717, 1.165) is 5.57 Å². The highest BCUT2D eigenvalue weighted by Gasteiger charge is 2.53. The topological polar surface area (TPSA) is 211 Å². The van der Waals surface area contributed by atoms with E-state index in [4.69, 9.17) is 32.7 Å². The van der Waals surface area contributed by atoms with Crippen molar-refractivity contribution in [1.82, 2.24) is 4.90 Å². The van der Waals surface area contributed by atoms with E-state index in [1.807, 2.05) is 71.9 Å². The number of rotatable bonds is 12. The maximum Gasteiger partial charge on any atom is 0.329 e. The molecular formula is C55H90NO15P. The van der Waals surface area contributed by atoms with Gasteiger partial charge >= 0.3 is 13.6 Å². The molecule has 17 heteroatoms. The van der Waals surface area contributed by atoms with E-state index in [9.17, 15) is 38.8 Å². The van der Waals surface area contributed by atoms with E-state index in [1.54, 1.807) is 28.1 Å². The molecule has 3 fully saturated rings. The van der Waals surface area contributed by atoms with Crippen LogP contribution in [0.15, 0.2) is 36.0 Å². The van der Waals surface area contributed by atoms with Crippen LogP contribution in [0.5, 0.6) is 0 Å². The molecule has 0 aromatic rings. The normalized spacial score (nSPS) is 36.7. The Balaban J connectivity index is 1.62. The van der Waals surface area contributed by atoms with Gasteiger partial charge in [-0.25, -0.2) is 4.79 Å². The summed E-state index contributed by atoms with van der Waals surface area (Å²) in [5.41, 5.74) is 0.888. The highest BCUT2D eigenvalue weighted by Crippen LogP contribution is 2.48. The first kappa shape index (κ1) is 61.6. The number of carbonyl (C=O) groups excluding carboxylic acids is 5. The van der Waals surface area contributed by atoms with Gasteiger partial charge in [0, 0.05) is 71.1 Å². The van der Waals surface area contributed by atoms with Gasteiger partial charge in [-0.2, -0.15) is 0 Å². The zero-order chi connectivity index (χ0) is 53.3. The molecule has 4 unspecified atom stereocenters. The highest BCUT2D eigenvalue weighted by atomic mass is 31.2. The minimum Gasteiger partial charge on any atom is -0.460 e. The Hall–Kier alpha value is -2.92. The molecule has 1 saturated carbocycles. The molecule has 1 amide bonds. The third-order valence-corrected chi connectivity index (χ3v) is 16.9. The smallest absolute Gasteiger partial charge is 0.329 e. The summed E-state index contributed by atoms with van der Waals surface area (Å²) in [5, 5.41) is 23.3. The monoisotopic (exact) mass is 1040 g/mol. The zero-order valence-electron chi connectivity index (χ0n) is 45.3. The Morgan fingerprint density at radius 1 is 0.847 bits per heavy atom. The number of Topliss-reactive ketones (excluding diaryl/α,β-unsaturated/α-hetero) is 3. The van der Waals surface area contributed by atoms with Gasteiger partial charge in [0.2, 0.25) is 5.79 Å². The molecule has 3 aliphatic heterocycles. The van der Waals surface area contributed by atoms with E-state index in [1.165, 1.54) is 11.6 Å². The van der Waals surface area contributed by atoms with Crippen LogP contribution in [0.3, 0.4) is 0 Å². The van der Waals surface area contributed by atoms with Crippen molar-refractivity contribution in [3.63, 3.8) is 0 Å². The summed E-state index contributed by atoms with van der Waals surface area (Å²) in [7, 11) is -0.259. The molecule has 2 saturated heterocycles. The van der Waals surface area contributed by atoms with Gasteiger partial charge in [-0.1, -0.05) is 71.9 Å². The molecule has 410 valence electrons. The summed E-state index contributed by atoms with van der Waals surface area (Å²) in [6.45, 7) is 17.4. The number of hydrogen-bond donors (Lipinski definition) is 2. The van der Waals surface area contributed by atoms with Crippen LogP contribution in [0.1, 0.15) is 145 Å². The summed E-state index contributed by atoms with van der Waals surface area (Å²) in [5.74, 6) is -7.74. The number of fused-ring (bicyclic) bond motifs is 3. The molecule has 1 aliphatic carbocycles. The number of ketones is 3. The molecule has 4 aliphatic rings. The Bertz CT molecular complexity index is 1920. The number of carbonyl (C=O) groups is 5. The summed E-state index contributed by atoms with van der Waals surface area (Å²) in [6.07, 6.45) is 11.5. The lowest BCUT2D eigenvalue weighted by Crippen LogP contribution is -2.61. The van der Waals surface area contributed by atoms with Crippen molar-refractivity contribution in [1.29, 1.82) is 0 Å². The second-order valence-corrected chi connectivity index (χ2v) is 23.6. The van der Waals surface area contributed by atoms with Gasteiger partial charge in [0.25, 0.3) is 11.7 Å². The number of esters is 1. The van der Waals surface area contributed by atoms with Gasteiger partial charge in [0.15, 0.2) is 0 Å². The molecule has 2 N–H and O–H groups in total. The standard InChI is InChI=1S/C55H90NO15P/c1-12-67-26-27-68-72(11,64)71-48-24-22-42(31-51(48)66-10)30-40(7)50-34-47(59)39(6)29-38(5)46(58)33-45(57)37(4)28-35(2)18-14-13-15-19-36(3)49(65-9)32-43-23-21-41(8)55(63,70-43)52(60)53(61)56-25-17-16-20-44(56)54(62)69-50/h13-15,18-19,35,37-44,46,48-51,58,63H,12,16-17,20-34H2,1-11H3/b15-13?,18-14+,36-19?/t35-,37-,38?,39-,40-,41-,42?,43+,44?,46+,48-,49+,50+,51-,55-,72?/m1/s1. The lowest BCUT2D eigenvalue weighted by atomic mass is 9.78. The number of amides is 1. The van der Waals surface area contributed by atoms with Crippen LogP contribution in [-0.2, 0) is 61.3 Å². The fourth-order valence-electron chi connectivity index (χ4n) is 10.9. The van der Waals surface area contributed by atoms with Crippen LogP contribution < -0.4 is 0 Å². The second kappa shape index (κ2) is 29.4. The van der Waals surface area contributed by atoms with Crippen molar-refractivity contribution in [2.24, 2.45) is 41.4 Å². The molecule has 0 radical (unpaired) electrons. The van der Waals surface area contributed by atoms with Gasteiger partial charge < -0.3 is 47.8 Å². The molecule has 16 nitrogen and oxygen atoms in total. The molecule has 0 spiro atoms. The summed E-state index contributed by atoms with van der Waals surface area (Å²) < 4.78 is 54.4. The predicted molar refractivity (Wildman–Crippen MR) is 274 cm³/mol. The number of aliphatic hydroxyl groups excluding tert-OH is 1. The van der Waals surface area contributed by atoms with E-state index in [2.05, 4.69) is 0 Å². The molecule has 16 atom stereocenters. The molecule has 0 aromatic heterocycles. The Labute approximate surface area is 430 Å². The van der Waals surface area contributed by atoms with Gasteiger partial charge in [0.05, 0.1) is 43.7 Å². The molecule has 3 heterocycles. The van der Waals surface area contributed by atoms with Gasteiger partial charge in [-0.15, -0.1) is 0 Å². The van der Waals surface area contributed by atoms with Crippen molar-refractivity contribution in [3.05, 3.63) is 36.0 Å². The van der Waals surface area contributed by atoms with Crippen LogP contribution in [0.4, 0.5) is 0 Å². The molecule has 0 aromatic carbocycles. The largest absolute Gasteiger partial charge is 0.460 e. The van der Waals surface area contributed by atoms with E-state index in [-0.39, 0.29) is 73.6 Å². The lowest BCUT2D eigenvalue weighted by molar-refractivity contribution is -0.265. The van der Waals surface area contributed by atoms with Crippen molar-refractivity contribution in [2.75, 3.05) is 47.2 Å². The number of piperidine rings is 1. The average molecular weight is 1040 g/mol. The zero-order valence-corrected chi connectivity index (χ0v) is 46.2. The van der Waals surface area contributed by atoms with Crippen molar-refractivity contribution in [2.45, 2.75) is 194 Å². The molecular weight excluding hydrogens is 946 g/mol. The molecule has 2 bridgehead atoms. The van der Waals surface area contributed by atoms with Crippen molar-refractivity contribution >= 4 is 36.8 Å². The fourth-order valence-corrected chi connectivity index (χ4v) is 12.1.